The summed E-state index contributed by atoms with van der Waals surface area (Å²) >= 11 is 6.41. The van der Waals surface area contributed by atoms with Crippen molar-refractivity contribution in [1.82, 2.24) is 9.88 Å². The summed E-state index contributed by atoms with van der Waals surface area (Å²) in [4.78, 5) is 9.84. The molecule has 6 rings (SSSR count). The van der Waals surface area contributed by atoms with E-state index >= 15 is 0 Å². The van der Waals surface area contributed by atoms with Crippen LogP contribution < -0.4 is 4.90 Å². The van der Waals surface area contributed by atoms with Crippen LogP contribution >= 0.6 is 11.6 Å². The van der Waals surface area contributed by atoms with E-state index in [1.54, 1.807) is 7.11 Å². The van der Waals surface area contributed by atoms with Gasteiger partial charge < -0.3 is 14.1 Å². The fourth-order valence-electron chi connectivity index (χ4n) is 6.28. The Morgan fingerprint density at radius 2 is 1.88 bits per heavy atom. The van der Waals surface area contributed by atoms with Crippen molar-refractivity contribution in [2.45, 2.75) is 50.5 Å². The second kappa shape index (κ2) is 9.27. The lowest BCUT2D eigenvalue weighted by molar-refractivity contribution is 0.141. The number of piperazine rings is 1. The minimum atomic E-state index is 0.618. The number of nitrogens with zero attached hydrogens (tertiary/aromatic N) is 3. The van der Waals surface area contributed by atoms with E-state index in [4.69, 9.17) is 20.8 Å². The van der Waals surface area contributed by atoms with Crippen LogP contribution in [0.5, 0.6) is 0 Å². The molecule has 5 nitrogen and oxygen atoms in total. The molecule has 1 saturated heterocycles. The Bertz CT molecular complexity index is 1200. The molecule has 3 aliphatic rings. The van der Waals surface area contributed by atoms with Crippen LogP contribution in [0.2, 0.25) is 5.02 Å². The van der Waals surface area contributed by atoms with Crippen LogP contribution in [-0.2, 0) is 11.2 Å². The number of fused-ring (bicyclic) bond motifs is 2. The minimum absolute atomic E-state index is 0.618. The standard InChI is InChI=1S/C28H32ClN3O2/c1-33-26-6-2-4-21-23(18-34-28(21)26)19-7-9-20(10-8-19)31-14-16-32(17-15-31)25-12-11-24(29)22-5-3-13-30-27(22)25/h3,5-6,11-13,18-20H,2,4,7-10,14-17H2,1H3. The first kappa shape index (κ1) is 22.0. The maximum absolute atomic E-state index is 6.41. The number of pyridine rings is 1. The summed E-state index contributed by atoms with van der Waals surface area (Å²) in [5.41, 5.74) is 5.04. The topological polar surface area (TPSA) is 41.7 Å². The molecule has 0 unspecified atom stereocenters. The van der Waals surface area contributed by atoms with Gasteiger partial charge in [-0.25, -0.2) is 0 Å². The van der Waals surface area contributed by atoms with E-state index < -0.39 is 0 Å². The van der Waals surface area contributed by atoms with Crippen molar-refractivity contribution in [2.24, 2.45) is 0 Å². The molecule has 3 aromatic rings. The van der Waals surface area contributed by atoms with Crippen molar-refractivity contribution < 1.29 is 9.15 Å². The molecule has 0 spiro atoms. The maximum atomic E-state index is 6.41. The Morgan fingerprint density at radius 3 is 2.68 bits per heavy atom. The fourth-order valence-corrected chi connectivity index (χ4v) is 6.49. The molecule has 6 heteroatoms. The summed E-state index contributed by atoms with van der Waals surface area (Å²) in [6.07, 6.45) is 13.2. The predicted octanol–water partition coefficient (Wildman–Crippen LogP) is 6.26. The van der Waals surface area contributed by atoms with Gasteiger partial charge in [-0.1, -0.05) is 11.6 Å². The summed E-state index contributed by atoms with van der Waals surface area (Å²) in [5, 5.41) is 1.81. The van der Waals surface area contributed by atoms with Gasteiger partial charge in [-0.3, -0.25) is 9.88 Å². The molecule has 178 valence electrons. The molecular formula is C28H32ClN3O2. The molecule has 0 N–H and O–H groups in total. The van der Waals surface area contributed by atoms with Crippen molar-refractivity contribution in [3.05, 3.63) is 64.7 Å². The van der Waals surface area contributed by atoms with Gasteiger partial charge in [0.25, 0.3) is 0 Å². The number of benzene rings is 1. The molecule has 0 radical (unpaired) electrons. The first-order valence-corrected chi connectivity index (χ1v) is 13.0. The van der Waals surface area contributed by atoms with Crippen LogP contribution in [0.15, 0.2) is 47.2 Å². The summed E-state index contributed by atoms with van der Waals surface area (Å²) in [6, 6.07) is 8.85. The number of allylic oxidation sites excluding steroid dienone is 1. The van der Waals surface area contributed by atoms with E-state index in [1.165, 1.54) is 42.5 Å². The normalized spacial score (nSPS) is 23.6. The molecule has 3 heterocycles. The van der Waals surface area contributed by atoms with E-state index in [0.717, 1.165) is 66.5 Å². The van der Waals surface area contributed by atoms with E-state index in [9.17, 15) is 0 Å². The third-order valence-corrected chi connectivity index (χ3v) is 8.43. The number of furan rings is 1. The van der Waals surface area contributed by atoms with Gasteiger partial charge in [0.1, 0.15) is 0 Å². The minimum Gasteiger partial charge on any atom is -0.493 e. The quantitative estimate of drug-likeness (QED) is 0.443. The van der Waals surface area contributed by atoms with Crippen molar-refractivity contribution in [3.63, 3.8) is 0 Å². The summed E-state index contributed by atoms with van der Waals surface area (Å²) in [6.45, 7) is 4.29. The number of anilines is 1. The van der Waals surface area contributed by atoms with Gasteiger partial charge in [0.05, 0.1) is 29.6 Å². The van der Waals surface area contributed by atoms with Crippen molar-refractivity contribution >= 4 is 34.0 Å². The average molecular weight is 478 g/mol. The molecule has 2 aromatic heterocycles. The van der Waals surface area contributed by atoms with Crippen LogP contribution in [0, 0.1) is 0 Å². The zero-order valence-corrected chi connectivity index (χ0v) is 20.6. The fraction of sp³-hybridized carbons (Fsp3) is 0.464. The lowest BCUT2D eigenvalue weighted by Gasteiger charge is -2.42. The number of rotatable bonds is 4. The monoisotopic (exact) mass is 477 g/mol. The van der Waals surface area contributed by atoms with Gasteiger partial charge in [0.2, 0.25) is 0 Å². The average Bonchev–Trinajstić information content (AvgIpc) is 3.34. The van der Waals surface area contributed by atoms with Crippen molar-refractivity contribution in [1.29, 1.82) is 0 Å². The largest absolute Gasteiger partial charge is 0.493 e. The van der Waals surface area contributed by atoms with Gasteiger partial charge in [0, 0.05) is 49.4 Å². The second-order valence-electron chi connectivity index (χ2n) is 9.80. The van der Waals surface area contributed by atoms with Gasteiger partial charge >= 0.3 is 0 Å². The highest BCUT2D eigenvalue weighted by molar-refractivity contribution is 6.35. The SMILES string of the molecule is COC1=CCCc2c(C3CCC(N4CCN(c5ccc(Cl)c6cccnc56)CC4)CC3)coc21. The summed E-state index contributed by atoms with van der Waals surface area (Å²) < 4.78 is 11.5. The molecule has 1 saturated carbocycles. The molecule has 2 aliphatic carbocycles. The van der Waals surface area contributed by atoms with Gasteiger partial charge in [-0.05, 0) is 80.3 Å². The van der Waals surface area contributed by atoms with E-state index in [0.29, 0.717) is 12.0 Å². The number of methoxy groups -OCH3 is 1. The number of aromatic nitrogens is 1. The Kier molecular flexibility index (Phi) is 6.00. The molecular weight excluding hydrogens is 446 g/mol. The highest BCUT2D eigenvalue weighted by Crippen LogP contribution is 2.41. The van der Waals surface area contributed by atoms with Gasteiger partial charge in [-0.2, -0.15) is 0 Å². The Labute approximate surface area is 206 Å². The molecule has 34 heavy (non-hydrogen) atoms. The van der Waals surface area contributed by atoms with Gasteiger partial charge in [0.15, 0.2) is 11.5 Å². The zero-order chi connectivity index (χ0) is 23.1. The number of hydrogen-bond acceptors (Lipinski definition) is 5. The zero-order valence-electron chi connectivity index (χ0n) is 19.8. The first-order valence-electron chi connectivity index (χ1n) is 12.6. The van der Waals surface area contributed by atoms with Crippen LogP contribution in [-0.4, -0.2) is 49.2 Å². The van der Waals surface area contributed by atoms with Crippen LogP contribution in [0.4, 0.5) is 5.69 Å². The predicted molar refractivity (Wildman–Crippen MR) is 138 cm³/mol. The highest BCUT2D eigenvalue weighted by Gasteiger charge is 2.32. The molecule has 1 aliphatic heterocycles. The Hall–Kier alpha value is -2.50. The smallest absolute Gasteiger partial charge is 0.171 e. The van der Waals surface area contributed by atoms with E-state index in [-0.39, 0.29) is 0 Å². The second-order valence-corrected chi connectivity index (χ2v) is 10.2. The van der Waals surface area contributed by atoms with Crippen molar-refractivity contribution in [2.75, 3.05) is 38.2 Å². The number of hydrogen-bond donors (Lipinski definition) is 0. The lowest BCUT2D eigenvalue weighted by atomic mass is 9.79. The molecule has 0 atom stereocenters. The molecule has 0 amide bonds. The summed E-state index contributed by atoms with van der Waals surface area (Å²) in [7, 11) is 1.74. The van der Waals surface area contributed by atoms with Crippen molar-refractivity contribution in [3.8, 4) is 0 Å². The lowest BCUT2D eigenvalue weighted by Crippen LogP contribution is -2.51. The summed E-state index contributed by atoms with van der Waals surface area (Å²) in [5.74, 6) is 2.49. The number of ether oxygens (including phenoxy) is 1. The van der Waals surface area contributed by atoms with Gasteiger partial charge in [-0.15, -0.1) is 0 Å². The molecule has 1 aromatic carbocycles. The maximum Gasteiger partial charge on any atom is 0.171 e. The van der Waals surface area contributed by atoms with Crippen LogP contribution in [0.3, 0.4) is 0 Å². The third-order valence-electron chi connectivity index (χ3n) is 8.10. The Morgan fingerprint density at radius 1 is 1.06 bits per heavy atom. The number of halogens is 1. The Balaban J connectivity index is 1.08. The van der Waals surface area contributed by atoms with E-state index in [1.807, 2.05) is 24.6 Å². The van der Waals surface area contributed by atoms with E-state index in [2.05, 4.69) is 33.0 Å². The first-order chi connectivity index (χ1) is 16.7. The van der Waals surface area contributed by atoms with Crippen LogP contribution in [0.1, 0.15) is 54.9 Å². The van der Waals surface area contributed by atoms with Crippen LogP contribution in [0.25, 0.3) is 16.7 Å². The highest BCUT2D eigenvalue weighted by atomic mass is 35.5. The molecule has 0 bridgehead atoms. The molecule has 2 fully saturated rings. The third kappa shape index (κ3) is 3.89.